The van der Waals surface area contributed by atoms with Gasteiger partial charge in [0.15, 0.2) is 5.65 Å². The molecule has 0 bridgehead atoms. The first kappa shape index (κ1) is 18.6. The van der Waals surface area contributed by atoms with Crippen molar-refractivity contribution in [1.82, 2.24) is 34.4 Å². The number of hydrogen-bond donors (Lipinski definition) is 0. The second-order valence-corrected chi connectivity index (χ2v) is 8.65. The summed E-state index contributed by atoms with van der Waals surface area (Å²) >= 11 is 1.87. The van der Waals surface area contributed by atoms with E-state index in [1.807, 2.05) is 25.0 Å². The molecular formula is C19H24N8OS. The summed E-state index contributed by atoms with van der Waals surface area (Å²) in [5.41, 5.74) is 2.96. The van der Waals surface area contributed by atoms with Gasteiger partial charge in [0.1, 0.15) is 12.1 Å². The molecule has 3 aromatic heterocycles. The molecule has 0 aliphatic carbocycles. The van der Waals surface area contributed by atoms with Gasteiger partial charge >= 0.3 is 0 Å². The summed E-state index contributed by atoms with van der Waals surface area (Å²) in [6, 6.07) is 1.78. The predicted octanol–water partition coefficient (Wildman–Crippen LogP) is 0.532. The molecule has 9 nitrogen and oxygen atoms in total. The van der Waals surface area contributed by atoms with Gasteiger partial charge in [-0.25, -0.2) is 14.6 Å². The third-order valence-electron chi connectivity index (χ3n) is 5.62. The number of fused-ring (bicyclic) bond motifs is 2. The summed E-state index contributed by atoms with van der Waals surface area (Å²) in [5.74, 6) is 2.95. The lowest BCUT2D eigenvalue weighted by Crippen LogP contribution is -2.48. The van der Waals surface area contributed by atoms with Crippen molar-refractivity contribution in [3.63, 3.8) is 0 Å². The number of anilines is 1. The summed E-state index contributed by atoms with van der Waals surface area (Å²) in [4.78, 5) is 25.8. The molecule has 0 spiro atoms. The van der Waals surface area contributed by atoms with Crippen molar-refractivity contribution in [1.29, 1.82) is 0 Å². The molecule has 3 aromatic rings. The lowest BCUT2D eigenvalue weighted by Gasteiger charge is -2.35. The van der Waals surface area contributed by atoms with Crippen molar-refractivity contribution in [2.24, 2.45) is 7.05 Å². The fourth-order valence-corrected chi connectivity index (χ4v) is 4.97. The SMILES string of the molecule is Cn1cc2c(N3CCN(CCn4nc5c(cc4=O)CSCC5)CC3)ncnc2n1. The van der Waals surface area contributed by atoms with Crippen LogP contribution in [0.15, 0.2) is 23.4 Å². The number of thioether (sulfide) groups is 1. The molecule has 2 aliphatic rings. The van der Waals surface area contributed by atoms with E-state index in [2.05, 4.69) is 30.0 Å². The van der Waals surface area contributed by atoms with Crippen molar-refractivity contribution in [2.45, 2.75) is 18.7 Å². The molecular weight excluding hydrogens is 388 g/mol. The maximum Gasteiger partial charge on any atom is 0.267 e. The van der Waals surface area contributed by atoms with Crippen molar-refractivity contribution >= 4 is 28.6 Å². The molecule has 1 saturated heterocycles. The highest BCUT2D eigenvalue weighted by atomic mass is 32.2. The Morgan fingerprint density at radius 2 is 1.97 bits per heavy atom. The zero-order valence-electron chi connectivity index (χ0n) is 16.5. The zero-order valence-corrected chi connectivity index (χ0v) is 17.3. The van der Waals surface area contributed by atoms with Gasteiger partial charge in [-0.1, -0.05) is 0 Å². The van der Waals surface area contributed by atoms with Gasteiger partial charge in [0, 0.05) is 64.2 Å². The quantitative estimate of drug-likeness (QED) is 0.614. The third kappa shape index (κ3) is 3.74. The van der Waals surface area contributed by atoms with E-state index in [4.69, 9.17) is 0 Å². The van der Waals surface area contributed by atoms with Crippen LogP contribution in [0.2, 0.25) is 0 Å². The van der Waals surface area contributed by atoms with E-state index in [1.54, 1.807) is 21.8 Å². The van der Waals surface area contributed by atoms with Gasteiger partial charge in [0.25, 0.3) is 5.56 Å². The third-order valence-corrected chi connectivity index (χ3v) is 6.62. The zero-order chi connectivity index (χ0) is 19.8. The van der Waals surface area contributed by atoms with Crippen molar-refractivity contribution < 1.29 is 0 Å². The van der Waals surface area contributed by atoms with Crippen LogP contribution in [0.5, 0.6) is 0 Å². The average Bonchev–Trinajstić information content (AvgIpc) is 3.13. The van der Waals surface area contributed by atoms with Crippen LogP contribution in [0.3, 0.4) is 0 Å². The molecule has 0 unspecified atom stereocenters. The highest BCUT2D eigenvalue weighted by Gasteiger charge is 2.21. The molecule has 10 heteroatoms. The second kappa shape index (κ2) is 7.75. The van der Waals surface area contributed by atoms with Crippen LogP contribution in [-0.4, -0.2) is 72.9 Å². The van der Waals surface area contributed by atoms with E-state index in [9.17, 15) is 4.79 Å². The summed E-state index contributed by atoms with van der Waals surface area (Å²) in [6.45, 7) is 5.12. The van der Waals surface area contributed by atoms with Gasteiger partial charge in [-0.2, -0.15) is 22.0 Å². The predicted molar refractivity (Wildman–Crippen MR) is 113 cm³/mol. The van der Waals surface area contributed by atoms with E-state index in [0.717, 1.165) is 78.8 Å². The Hall–Kier alpha value is -2.46. The topological polar surface area (TPSA) is 85.0 Å². The lowest BCUT2D eigenvalue weighted by atomic mass is 10.2. The molecule has 0 N–H and O–H groups in total. The van der Waals surface area contributed by atoms with Crippen molar-refractivity contribution in [3.8, 4) is 0 Å². The molecule has 1 fully saturated rings. The molecule has 0 atom stereocenters. The van der Waals surface area contributed by atoms with Gasteiger partial charge in [-0.15, -0.1) is 0 Å². The summed E-state index contributed by atoms with van der Waals surface area (Å²) in [5, 5.41) is 9.99. The smallest absolute Gasteiger partial charge is 0.267 e. The number of hydrogen-bond acceptors (Lipinski definition) is 8. The van der Waals surface area contributed by atoms with Crippen LogP contribution in [-0.2, 0) is 25.8 Å². The molecule has 5 heterocycles. The first-order valence-corrected chi connectivity index (χ1v) is 11.1. The van der Waals surface area contributed by atoms with Gasteiger partial charge < -0.3 is 4.90 Å². The highest BCUT2D eigenvalue weighted by Crippen LogP contribution is 2.23. The standard InChI is InChI=1S/C19H24N8OS/c1-24-11-15-18(23-24)20-13-21-19(15)26-6-3-25(4-7-26)5-8-27-17(28)10-14-12-29-9-2-16(14)22-27/h10-11,13H,2-9,12H2,1H3. The molecule has 0 aromatic carbocycles. The van der Waals surface area contributed by atoms with E-state index in [1.165, 1.54) is 0 Å². The molecule has 29 heavy (non-hydrogen) atoms. The van der Waals surface area contributed by atoms with Gasteiger partial charge in [0.05, 0.1) is 17.6 Å². The maximum atomic E-state index is 12.4. The number of nitrogens with zero attached hydrogens (tertiary/aromatic N) is 8. The van der Waals surface area contributed by atoms with Crippen LogP contribution >= 0.6 is 11.8 Å². The average molecular weight is 413 g/mol. The number of piperazine rings is 1. The molecule has 0 radical (unpaired) electrons. The number of aromatic nitrogens is 6. The van der Waals surface area contributed by atoms with Crippen LogP contribution in [0, 0.1) is 0 Å². The summed E-state index contributed by atoms with van der Waals surface area (Å²) in [7, 11) is 1.90. The highest BCUT2D eigenvalue weighted by molar-refractivity contribution is 7.98. The van der Waals surface area contributed by atoms with Gasteiger partial charge in [0.2, 0.25) is 0 Å². The number of rotatable bonds is 4. The minimum atomic E-state index is 0.0184. The molecule has 0 amide bonds. The van der Waals surface area contributed by atoms with E-state index >= 15 is 0 Å². The largest absolute Gasteiger partial charge is 0.353 e. The molecule has 2 aliphatic heterocycles. The first-order valence-electron chi connectivity index (χ1n) is 9.97. The fraction of sp³-hybridized carbons (Fsp3) is 0.526. The van der Waals surface area contributed by atoms with Gasteiger partial charge in [-0.05, 0) is 11.3 Å². The number of aryl methyl sites for hydroxylation is 2. The summed E-state index contributed by atoms with van der Waals surface area (Å²) in [6.07, 6.45) is 4.52. The minimum Gasteiger partial charge on any atom is -0.353 e. The maximum absolute atomic E-state index is 12.4. The van der Waals surface area contributed by atoms with Crippen molar-refractivity contribution in [2.75, 3.05) is 43.4 Å². The molecule has 152 valence electrons. The molecule has 5 rings (SSSR count). The van der Waals surface area contributed by atoms with Crippen molar-refractivity contribution in [3.05, 3.63) is 40.2 Å². The Balaban J connectivity index is 1.22. The Morgan fingerprint density at radius 1 is 1.10 bits per heavy atom. The van der Waals surface area contributed by atoms with Crippen LogP contribution in [0.25, 0.3) is 11.0 Å². The van der Waals surface area contributed by atoms with Crippen LogP contribution in [0.4, 0.5) is 5.82 Å². The van der Waals surface area contributed by atoms with E-state index in [-0.39, 0.29) is 5.56 Å². The first-order chi connectivity index (χ1) is 14.2. The van der Waals surface area contributed by atoms with Crippen LogP contribution < -0.4 is 10.5 Å². The van der Waals surface area contributed by atoms with Gasteiger partial charge in [-0.3, -0.25) is 14.4 Å². The Bertz CT molecular complexity index is 1090. The normalized spacial score (nSPS) is 17.6. The van der Waals surface area contributed by atoms with Crippen LogP contribution in [0.1, 0.15) is 11.3 Å². The lowest BCUT2D eigenvalue weighted by molar-refractivity contribution is 0.242. The Morgan fingerprint density at radius 3 is 2.83 bits per heavy atom. The Labute approximate surface area is 172 Å². The van der Waals surface area contributed by atoms with E-state index < -0.39 is 0 Å². The van der Waals surface area contributed by atoms with E-state index in [0.29, 0.717) is 6.54 Å². The minimum absolute atomic E-state index is 0.0184. The monoisotopic (exact) mass is 412 g/mol. The second-order valence-electron chi connectivity index (χ2n) is 7.55. The fourth-order valence-electron chi connectivity index (χ4n) is 4.02. The molecule has 0 saturated carbocycles. The Kier molecular flexibility index (Phi) is 4.96. The summed E-state index contributed by atoms with van der Waals surface area (Å²) < 4.78 is 3.42.